The van der Waals surface area contributed by atoms with Crippen LogP contribution in [0, 0.1) is 0 Å². The Morgan fingerprint density at radius 1 is 1.33 bits per heavy atom. The summed E-state index contributed by atoms with van der Waals surface area (Å²) in [5, 5.41) is 0. The van der Waals surface area contributed by atoms with E-state index in [9.17, 15) is 8.42 Å². The molecule has 0 saturated heterocycles. The third kappa shape index (κ3) is 5.82. The average Bonchev–Trinajstić information content (AvgIpc) is 2.37. The van der Waals surface area contributed by atoms with Gasteiger partial charge in [0.1, 0.15) is 0 Å². The van der Waals surface area contributed by atoms with Gasteiger partial charge in [-0.3, -0.25) is 0 Å². The zero-order chi connectivity index (χ0) is 13.4. The zero-order valence-corrected chi connectivity index (χ0v) is 11.9. The van der Waals surface area contributed by atoms with E-state index in [0.717, 1.165) is 11.1 Å². The van der Waals surface area contributed by atoms with E-state index >= 15 is 0 Å². The Hall–Kier alpha value is -0.620. The highest BCUT2D eigenvalue weighted by Crippen LogP contribution is 2.07. The maximum Gasteiger partial charge on any atom is 0.214 e. The molecule has 18 heavy (non-hydrogen) atoms. The van der Waals surface area contributed by atoms with Gasteiger partial charge < -0.3 is 4.74 Å². The van der Waals surface area contributed by atoms with Crippen molar-refractivity contribution >= 4 is 21.6 Å². The molecule has 102 valence electrons. The minimum Gasteiger partial charge on any atom is -0.381 e. The Labute approximate surface area is 113 Å². The Bertz CT molecular complexity index is 462. The summed E-state index contributed by atoms with van der Waals surface area (Å²) in [7, 11) is -3.28. The summed E-state index contributed by atoms with van der Waals surface area (Å²) in [5.41, 5.74) is 1.87. The van der Waals surface area contributed by atoms with Gasteiger partial charge >= 0.3 is 0 Å². The first kappa shape index (κ1) is 15.4. The van der Waals surface area contributed by atoms with Crippen LogP contribution < -0.4 is 4.72 Å². The summed E-state index contributed by atoms with van der Waals surface area (Å²) in [6, 6.07) is 7.51. The topological polar surface area (TPSA) is 55.4 Å². The van der Waals surface area contributed by atoms with Crippen LogP contribution in [0.25, 0.3) is 0 Å². The lowest BCUT2D eigenvalue weighted by molar-refractivity contribution is 0.163. The molecule has 0 aliphatic rings. The van der Waals surface area contributed by atoms with Crippen LogP contribution in [0.3, 0.4) is 0 Å². The lowest BCUT2D eigenvalue weighted by Crippen LogP contribution is -2.28. The molecule has 0 amide bonds. The van der Waals surface area contributed by atoms with Crippen molar-refractivity contribution in [2.75, 3.05) is 19.0 Å². The summed E-state index contributed by atoms with van der Waals surface area (Å²) >= 11 is 5.72. The van der Waals surface area contributed by atoms with Crippen molar-refractivity contribution in [3.63, 3.8) is 0 Å². The predicted molar refractivity (Wildman–Crippen MR) is 73.1 cm³/mol. The number of halogens is 1. The second-order valence-electron chi connectivity index (χ2n) is 3.79. The molecule has 1 aromatic carbocycles. The summed E-state index contributed by atoms with van der Waals surface area (Å²) in [6.45, 7) is 2.84. The maximum atomic E-state index is 11.6. The van der Waals surface area contributed by atoms with Gasteiger partial charge in [-0.15, -0.1) is 11.6 Å². The largest absolute Gasteiger partial charge is 0.381 e. The highest BCUT2D eigenvalue weighted by atomic mass is 35.5. The zero-order valence-electron chi connectivity index (χ0n) is 10.4. The van der Waals surface area contributed by atoms with Crippen LogP contribution in [0.2, 0.25) is 0 Å². The molecule has 1 aromatic rings. The van der Waals surface area contributed by atoms with E-state index in [1.54, 1.807) is 0 Å². The van der Waals surface area contributed by atoms with Crippen molar-refractivity contribution in [2.24, 2.45) is 0 Å². The van der Waals surface area contributed by atoms with E-state index in [4.69, 9.17) is 16.3 Å². The molecule has 0 bridgehead atoms. The third-order valence-electron chi connectivity index (χ3n) is 2.34. The van der Waals surface area contributed by atoms with E-state index in [1.807, 2.05) is 31.2 Å². The van der Waals surface area contributed by atoms with Gasteiger partial charge in [0.15, 0.2) is 0 Å². The van der Waals surface area contributed by atoms with Crippen molar-refractivity contribution in [1.29, 1.82) is 0 Å². The minimum atomic E-state index is -3.28. The lowest BCUT2D eigenvalue weighted by atomic mass is 10.1. The Morgan fingerprint density at radius 2 is 2.06 bits per heavy atom. The van der Waals surface area contributed by atoms with Crippen LogP contribution in [0.1, 0.15) is 18.1 Å². The molecule has 0 fully saturated rings. The normalized spacial score (nSPS) is 11.7. The van der Waals surface area contributed by atoms with Crippen molar-refractivity contribution in [1.82, 2.24) is 4.72 Å². The fourth-order valence-electron chi connectivity index (χ4n) is 1.40. The average molecular weight is 292 g/mol. The maximum absolute atomic E-state index is 11.6. The smallest absolute Gasteiger partial charge is 0.214 e. The Balaban J connectivity index is 2.48. The van der Waals surface area contributed by atoms with Crippen molar-refractivity contribution < 1.29 is 13.2 Å². The molecule has 0 spiro atoms. The van der Waals surface area contributed by atoms with Gasteiger partial charge in [-0.2, -0.15) is 0 Å². The molecule has 6 heteroatoms. The van der Waals surface area contributed by atoms with Crippen LogP contribution in [0.4, 0.5) is 0 Å². The molecular formula is C12H18ClNO3S. The summed E-state index contributed by atoms with van der Waals surface area (Å²) in [6.07, 6.45) is 0. The summed E-state index contributed by atoms with van der Waals surface area (Å²) < 4.78 is 30.8. The van der Waals surface area contributed by atoms with Gasteiger partial charge in [-0.25, -0.2) is 13.1 Å². The number of rotatable bonds is 8. The van der Waals surface area contributed by atoms with Crippen LogP contribution in [0.5, 0.6) is 0 Å². The number of hydrogen-bond donors (Lipinski definition) is 1. The lowest BCUT2D eigenvalue weighted by Gasteiger charge is -2.07. The molecule has 0 radical (unpaired) electrons. The van der Waals surface area contributed by atoms with E-state index < -0.39 is 10.0 Å². The number of ether oxygens (including phenoxy) is 1. The number of alkyl halides is 1. The van der Waals surface area contributed by atoms with Gasteiger partial charge in [-0.1, -0.05) is 24.3 Å². The second kappa shape index (κ2) is 7.74. The van der Waals surface area contributed by atoms with Crippen LogP contribution in [-0.4, -0.2) is 27.4 Å². The van der Waals surface area contributed by atoms with Gasteiger partial charge in [-0.05, 0) is 18.1 Å². The van der Waals surface area contributed by atoms with E-state index in [1.165, 1.54) is 0 Å². The molecule has 0 aliphatic carbocycles. The number of benzene rings is 1. The third-order valence-corrected chi connectivity index (χ3v) is 3.94. The van der Waals surface area contributed by atoms with Gasteiger partial charge in [0, 0.05) is 19.0 Å². The monoisotopic (exact) mass is 291 g/mol. The SMILES string of the molecule is CCOCCS(=O)(=O)NCc1cccc(CCl)c1. The molecule has 0 unspecified atom stereocenters. The van der Waals surface area contributed by atoms with E-state index in [2.05, 4.69) is 4.72 Å². The summed E-state index contributed by atoms with van der Waals surface area (Å²) in [4.78, 5) is 0. The molecule has 1 N–H and O–H groups in total. The van der Waals surface area contributed by atoms with Crippen molar-refractivity contribution in [3.8, 4) is 0 Å². The quantitative estimate of drug-likeness (QED) is 0.588. The first-order chi connectivity index (χ1) is 8.57. The van der Waals surface area contributed by atoms with Crippen LogP contribution in [0.15, 0.2) is 24.3 Å². The molecule has 1 rings (SSSR count). The van der Waals surface area contributed by atoms with E-state index in [0.29, 0.717) is 12.5 Å². The molecule has 0 aromatic heterocycles. The van der Waals surface area contributed by atoms with E-state index in [-0.39, 0.29) is 18.9 Å². The number of nitrogens with one attached hydrogen (secondary N) is 1. The highest BCUT2D eigenvalue weighted by Gasteiger charge is 2.09. The van der Waals surface area contributed by atoms with Gasteiger partial charge in [0.05, 0.1) is 12.4 Å². The molecular weight excluding hydrogens is 274 g/mol. The predicted octanol–water partition coefficient (Wildman–Crippen LogP) is 1.88. The molecule has 0 aliphatic heterocycles. The van der Waals surface area contributed by atoms with Gasteiger partial charge in [0.25, 0.3) is 0 Å². The molecule has 0 saturated carbocycles. The van der Waals surface area contributed by atoms with Gasteiger partial charge in [0.2, 0.25) is 10.0 Å². The van der Waals surface area contributed by atoms with Crippen LogP contribution >= 0.6 is 11.6 Å². The first-order valence-electron chi connectivity index (χ1n) is 5.76. The molecule has 0 heterocycles. The number of sulfonamides is 1. The highest BCUT2D eigenvalue weighted by molar-refractivity contribution is 7.89. The standard InChI is InChI=1S/C12H18ClNO3S/c1-2-17-6-7-18(15,16)14-10-12-5-3-4-11(8-12)9-13/h3-5,8,14H,2,6-7,9-10H2,1H3. The fraction of sp³-hybridized carbons (Fsp3) is 0.500. The molecule has 0 atom stereocenters. The van der Waals surface area contributed by atoms with Crippen molar-refractivity contribution in [2.45, 2.75) is 19.3 Å². The Morgan fingerprint density at radius 3 is 2.72 bits per heavy atom. The second-order valence-corrected chi connectivity index (χ2v) is 5.98. The number of hydrogen-bond acceptors (Lipinski definition) is 3. The van der Waals surface area contributed by atoms with Crippen molar-refractivity contribution in [3.05, 3.63) is 35.4 Å². The minimum absolute atomic E-state index is 0.0178. The van der Waals surface area contributed by atoms with Crippen LogP contribution in [-0.2, 0) is 27.2 Å². The first-order valence-corrected chi connectivity index (χ1v) is 7.95. The fourth-order valence-corrected chi connectivity index (χ4v) is 2.44. The molecule has 4 nitrogen and oxygen atoms in total. The summed E-state index contributed by atoms with van der Waals surface area (Å²) in [5.74, 6) is 0.404. The Kier molecular flexibility index (Phi) is 6.63.